The van der Waals surface area contributed by atoms with Crippen molar-refractivity contribution in [3.8, 4) is 0 Å². The third kappa shape index (κ3) is 4.20. The normalized spacial score (nSPS) is 17.6. The van der Waals surface area contributed by atoms with E-state index in [-0.39, 0.29) is 18.6 Å². The number of alkyl halides is 3. The maximum absolute atomic E-state index is 12.9. The summed E-state index contributed by atoms with van der Waals surface area (Å²) in [6.45, 7) is -0.0396. The minimum Gasteiger partial charge on any atom is -0.396 e. The molecule has 7 heteroatoms. The van der Waals surface area contributed by atoms with Crippen molar-refractivity contribution in [2.45, 2.75) is 36.9 Å². The number of rotatable bonds is 7. The van der Waals surface area contributed by atoms with Crippen LogP contribution in [-0.4, -0.2) is 35.7 Å². The number of halogens is 3. The highest BCUT2D eigenvalue weighted by Crippen LogP contribution is 2.49. The Balaban J connectivity index is 2.17. The number of hydrogen-bond donors (Lipinski definition) is 2. The fourth-order valence-electron chi connectivity index (χ4n) is 2.64. The molecular formula is C16H20F3NO2S. The van der Waals surface area contributed by atoms with Crippen LogP contribution in [0.1, 0.15) is 30.4 Å². The molecule has 1 saturated carbocycles. The van der Waals surface area contributed by atoms with E-state index in [1.54, 1.807) is 17.8 Å². The summed E-state index contributed by atoms with van der Waals surface area (Å²) in [7, 11) is 0. The zero-order chi connectivity index (χ0) is 17.1. The summed E-state index contributed by atoms with van der Waals surface area (Å²) in [6, 6.07) is 4.84. The molecule has 0 saturated heterocycles. The summed E-state index contributed by atoms with van der Waals surface area (Å²) in [4.78, 5) is 12.6. The first kappa shape index (κ1) is 18.1. The van der Waals surface area contributed by atoms with E-state index < -0.39 is 17.2 Å². The maximum Gasteiger partial charge on any atom is 0.416 e. The minimum atomic E-state index is -4.42. The molecule has 1 atom stereocenters. The number of aliphatic hydroxyl groups is 1. The Kier molecular flexibility index (Phi) is 5.62. The average molecular weight is 347 g/mol. The summed E-state index contributed by atoms with van der Waals surface area (Å²) < 4.78 is 38.6. The van der Waals surface area contributed by atoms with Crippen molar-refractivity contribution in [2.24, 2.45) is 0 Å². The van der Waals surface area contributed by atoms with Gasteiger partial charge < -0.3 is 10.4 Å². The van der Waals surface area contributed by atoms with Crippen LogP contribution in [-0.2, 0) is 16.4 Å². The number of hydrogen-bond acceptors (Lipinski definition) is 3. The second-order valence-corrected chi connectivity index (χ2v) is 6.71. The van der Waals surface area contributed by atoms with Gasteiger partial charge in [0.2, 0.25) is 5.91 Å². The lowest BCUT2D eigenvalue weighted by Gasteiger charge is -2.22. The van der Waals surface area contributed by atoms with Gasteiger partial charge in [-0.1, -0.05) is 18.2 Å². The molecule has 1 aliphatic carbocycles. The SMILES string of the molecule is CSCC(CCO)NC(=O)C1(c2cccc(C(F)(F)F)c2)CC1. The van der Waals surface area contributed by atoms with Crippen LogP contribution in [0.25, 0.3) is 0 Å². The lowest BCUT2D eigenvalue weighted by atomic mass is 9.93. The molecule has 1 unspecified atom stereocenters. The van der Waals surface area contributed by atoms with Crippen molar-refractivity contribution >= 4 is 17.7 Å². The fraction of sp³-hybridized carbons (Fsp3) is 0.562. The summed E-state index contributed by atoms with van der Waals surface area (Å²) in [5, 5.41) is 11.9. The van der Waals surface area contributed by atoms with Gasteiger partial charge in [0.15, 0.2) is 0 Å². The predicted molar refractivity (Wildman–Crippen MR) is 84.4 cm³/mol. The molecule has 0 aromatic heterocycles. The number of thioether (sulfide) groups is 1. The van der Waals surface area contributed by atoms with E-state index >= 15 is 0 Å². The van der Waals surface area contributed by atoms with Crippen molar-refractivity contribution in [1.82, 2.24) is 5.32 Å². The standard InChI is InChI=1S/C16H20F3NO2S/c1-23-10-13(5-8-21)20-14(22)15(6-7-15)11-3-2-4-12(9-11)16(17,18)19/h2-4,9,13,21H,5-8,10H2,1H3,(H,20,22). The molecule has 3 nitrogen and oxygen atoms in total. The third-order valence-electron chi connectivity index (χ3n) is 4.11. The van der Waals surface area contributed by atoms with Crippen LogP contribution in [0.5, 0.6) is 0 Å². The van der Waals surface area contributed by atoms with E-state index in [1.165, 1.54) is 6.07 Å². The van der Waals surface area contributed by atoms with Gasteiger partial charge in [-0.3, -0.25) is 4.79 Å². The zero-order valence-corrected chi connectivity index (χ0v) is 13.6. The maximum atomic E-state index is 12.9. The van der Waals surface area contributed by atoms with Gasteiger partial charge in [0.25, 0.3) is 0 Å². The Bertz CT molecular complexity index is 553. The highest BCUT2D eigenvalue weighted by atomic mass is 32.2. The third-order valence-corrected chi connectivity index (χ3v) is 4.84. The second-order valence-electron chi connectivity index (χ2n) is 5.80. The number of amides is 1. The van der Waals surface area contributed by atoms with Crippen LogP contribution in [0, 0.1) is 0 Å². The molecule has 1 aromatic carbocycles. The van der Waals surface area contributed by atoms with Crippen molar-refractivity contribution in [1.29, 1.82) is 0 Å². The summed E-state index contributed by atoms with van der Waals surface area (Å²) >= 11 is 1.55. The lowest BCUT2D eigenvalue weighted by molar-refractivity contribution is -0.137. The van der Waals surface area contributed by atoms with E-state index in [0.29, 0.717) is 30.6 Å². The smallest absolute Gasteiger partial charge is 0.396 e. The van der Waals surface area contributed by atoms with Crippen LogP contribution in [0.4, 0.5) is 13.2 Å². The fourth-order valence-corrected chi connectivity index (χ4v) is 3.30. The molecule has 2 rings (SSSR count). The molecule has 2 N–H and O–H groups in total. The first-order valence-corrected chi connectivity index (χ1v) is 8.81. The molecule has 0 bridgehead atoms. The molecule has 0 heterocycles. The van der Waals surface area contributed by atoms with Gasteiger partial charge in [0, 0.05) is 18.4 Å². The molecule has 1 aliphatic rings. The number of carbonyl (C=O) groups is 1. The zero-order valence-electron chi connectivity index (χ0n) is 12.8. The Morgan fingerprint density at radius 3 is 2.65 bits per heavy atom. The van der Waals surface area contributed by atoms with E-state index in [9.17, 15) is 18.0 Å². The van der Waals surface area contributed by atoms with Gasteiger partial charge >= 0.3 is 6.18 Å². The molecule has 0 aliphatic heterocycles. The summed E-state index contributed by atoms with van der Waals surface area (Å²) in [5.74, 6) is 0.412. The Hall–Kier alpha value is -1.21. The van der Waals surface area contributed by atoms with Gasteiger partial charge in [-0.2, -0.15) is 24.9 Å². The molecule has 1 aromatic rings. The molecule has 1 fully saturated rings. The number of benzene rings is 1. The minimum absolute atomic E-state index is 0.0396. The Morgan fingerprint density at radius 2 is 2.13 bits per heavy atom. The van der Waals surface area contributed by atoms with Gasteiger partial charge in [-0.05, 0) is 37.1 Å². The first-order valence-electron chi connectivity index (χ1n) is 7.42. The van der Waals surface area contributed by atoms with E-state index in [2.05, 4.69) is 5.32 Å². The summed E-state index contributed by atoms with van der Waals surface area (Å²) in [6.07, 6.45) is -0.987. The molecule has 1 amide bonds. The Morgan fingerprint density at radius 1 is 1.43 bits per heavy atom. The van der Waals surface area contributed by atoms with Gasteiger partial charge in [-0.15, -0.1) is 0 Å². The van der Waals surface area contributed by atoms with Gasteiger partial charge in [0.05, 0.1) is 11.0 Å². The van der Waals surface area contributed by atoms with E-state index in [0.717, 1.165) is 12.1 Å². The Labute approximate surface area is 137 Å². The number of aliphatic hydroxyl groups excluding tert-OH is 1. The number of carbonyl (C=O) groups excluding carboxylic acids is 1. The topological polar surface area (TPSA) is 49.3 Å². The predicted octanol–water partition coefficient (Wildman–Crippen LogP) is 2.97. The van der Waals surface area contributed by atoms with Crippen LogP contribution in [0.15, 0.2) is 24.3 Å². The quantitative estimate of drug-likeness (QED) is 0.797. The second kappa shape index (κ2) is 7.13. The van der Waals surface area contributed by atoms with E-state index in [1.807, 2.05) is 6.26 Å². The summed E-state index contributed by atoms with van der Waals surface area (Å²) in [5.41, 5.74) is -1.17. The molecule has 0 radical (unpaired) electrons. The monoisotopic (exact) mass is 347 g/mol. The molecule has 128 valence electrons. The van der Waals surface area contributed by atoms with Crippen LogP contribution >= 0.6 is 11.8 Å². The molecule has 0 spiro atoms. The first-order chi connectivity index (χ1) is 10.8. The number of nitrogens with one attached hydrogen (secondary N) is 1. The van der Waals surface area contributed by atoms with Crippen molar-refractivity contribution in [3.05, 3.63) is 35.4 Å². The molecular weight excluding hydrogens is 327 g/mol. The largest absolute Gasteiger partial charge is 0.416 e. The van der Waals surface area contributed by atoms with Crippen LogP contribution in [0.3, 0.4) is 0 Å². The highest BCUT2D eigenvalue weighted by Gasteiger charge is 2.52. The van der Waals surface area contributed by atoms with E-state index in [4.69, 9.17) is 5.11 Å². The van der Waals surface area contributed by atoms with Crippen LogP contribution < -0.4 is 5.32 Å². The van der Waals surface area contributed by atoms with Crippen molar-refractivity contribution in [3.63, 3.8) is 0 Å². The van der Waals surface area contributed by atoms with Gasteiger partial charge in [-0.25, -0.2) is 0 Å². The van der Waals surface area contributed by atoms with Crippen molar-refractivity contribution in [2.75, 3.05) is 18.6 Å². The van der Waals surface area contributed by atoms with Crippen LogP contribution in [0.2, 0.25) is 0 Å². The van der Waals surface area contributed by atoms with Crippen molar-refractivity contribution < 1.29 is 23.1 Å². The lowest BCUT2D eigenvalue weighted by Crippen LogP contribution is -2.43. The molecule has 23 heavy (non-hydrogen) atoms. The highest BCUT2D eigenvalue weighted by molar-refractivity contribution is 7.98. The average Bonchev–Trinajstić information content (AvgIpc) is 3.29. The van der Waals surface area contributed by atoms with Gasteiger partial charge in [0.1, 0.15) is 0 Å².